The van der Waals surface area contributed by atoms with Crippen LogP contribution >= 0.6 is 0 Å². The van der Waals surface area contributed by atoms with E-state index in [9.17, 15) is 4.79 Å². The lowest BCUT2D eigenvalue weighted by atomic mass is 10.1. The third-order valence-electron chi connectivity index (χ3n) is 4.00. The standard InChI is InChI=1S/C17H15N5O/c23-17(21-15-9-14(15)12-4-2-1-3-5-12)13-6-7-19-16(8-13)22-11-18-10-20-22/h1-8,10-11,14-15H,9H2,(H,21,23)/t14-,15+/m1/s1. The summed E-state index contributed by atoms with van der Waals surface area (Å²) in [7, 11) is 0. The van der Waals surface area contributed by atoms with Gasteiger partial charge in [0.15, 0.2) is 5.82 Å². The molecule has 1 aromatic carbocycles. The first-order valence-electron chi connectivity index (χ1n) is 7.48. The van der Waals surface area contributed by atoms with Crippen LogP contribution in [0.4, 0.5) is 0 Å². The van der Waals surface area contributed by atoms with Crippen LogP contribution in [0.5, 0.6) is 0 Å². The topological polar surface area (TPSA) is 72.7 Å². The molecule has 0 saturated heterocycles. The van der Waals surface area contributed by atoms with Gasteiger partial charge in [0.2, 0.25) is 0 Å². The summed E-state index contributed by atoms with van der Waals surface area (Å²) in [5.74, 6) is 0.902. The first kappa shape index (κ1) is 13.6. The quantitative estimate of drug-likeness (QED) is 0.799. The molecule has 0 aliphatic heterocycles. The van der Waals surface area contributed by atoms with Gasteiger partial charge in [-0.25, -0.2) is 14.6 Å². The number of carbonyl (C=O) groups excluding carboxylic acids is 1. The van der Waals surface area contributed by atoms with Crippen LogP contribution in [-0.2, 0) is 0 Å². The lowest BCUT2D eigenvalue weighted by molar-refractivity contribution is 0.0950. The third-order valence-corrected chi connectivity index (χ3v) is 4.00. The summed E-state index contributed by atoms with van der Waals surface area (Å²) in [5.41, 5.74) is 1.85. The molecule has 0 radical (unpaired) electrons. The molecular formula is C17H15N5O. The smallest absolute Gasteiger partial charge is 0.251 e. The van der Waals surface area contributed by atoms with Crippen molar-refractivity contribution in [3.05, 3.63) is 72.4 Å². The Labute approximate surface area is 133 Å². The third kappa shape index (κ3) is 2.83. The molecule has 1 aliphatic rings. The van der Waals surface area contributed by atoms with E-state index < -0.39 is 0 Å². The summed E-state index contributed by atoms with van der Waals surface area (Å²) < 4.78 is 1.53. The van der Waals surface area contributed by atoms with E-state index in [1.807, 2.05) is 18.2 Å². The maximum Gasteiger partial charge on any atom is 0.251 e. The molecule has 1 aliphatic carbocycles. The number of rotatable bonds is 4. The molecule has 1 saturated carbocycles. The van der Waals surface area contributed by atoms with Gasteiger partial charge in [-0.3, -0.25) is 4.79 Å². The molecule has 1 amide bonds. The molecule has 2 aromatic heterocycles. The van der Waals surface area contributed by atoms with Gasteiger partial charge in [-0.15, -0.1) is 0 Å². The Hall–Kier alpha value is -3.02. The summed E-state index contributed by atoms with van der Waals surface area (Å²) >= 11 is 0. The SMILES string of the molecule is O=C(N[C@H]1C[C@@H]1c1ccccc1)c1ccnc(-n2cncn2)c1. The molecule has 114 valence electrons. The average molecular weight is 305 g/mol. The second-order valence-electron chi connectivity index (χ2n) is 5.58. The first-order chi connectivity index (χ1) is 11.3. The monoisotopic (exact) mass is 305 g/mol. The maximum atomic E-state index is 12.4. The predicted octanol–water partition coefficient (Wildman–Crippen LogP) is 1.95. The zero-order valence-electron chi connectivity index (χ0n) is 12.3. The molecule has 1 N–H and O–H groups in total. The number of nitrogens with one attached hydrogen (secondary N) is 1. The molecule has 2 atom stereocenters. The van der Waals surface area contributed by atoms with E-state index in [1.165, 1.54) is 16.6 Å². The van der Waals surface area contributed by atoms with Crippen molar-refractivity contribution < 1.29 is 4.79 Å². The number of nitrogens with zero attached hydrogens (tertiary/aromatic N) is 4. The fourth-order valence-corrected chi connectivity index (χ4v) is 2.69. The van der Waals surface area contributed by atoms with E-state index in [-0.39, 0.29) is 11.9 Å². The summed E-state index contributed by atoms with van der Waals surface area (Å²) in [6.07, 6.45) is 5.57. The minimum Gasteiger partial charge on any atom is -0.349 e. The van der Waals surface area contributed by atoms with E-state index in [4.69, 9.17) is 0 Å². The van der Waals surface area contributed by atoms with Crippen molar-refractivity contribution >= 4 is 5.91 Å². The zero-order chi connectivity index (χ0) is 15.6. The summed E-state index contributed by atoms with van der Waals surface area (Å²) in [6.45, 7) is 0. The number of hydrogen-bond acceptors (Lipinski definition) is 4. The zero-order valence-corrected chi connectivity index (χ0v) is 12.3. The number of hydrogen-bond donors (Lipinski definition) is 1. The van der Waals surface area contributed by atoms with Crippen molar-refractivity contribution in [3.63, 3.8) is 0 Å². The molecular weight excluding hydrogens is 290 g/mol. The molecule has 3 aromatic rings. The maximum absolute atomic E-state index is 12.4. The van der Waals surface area contributed by atoms with Gasteiger partial charge in [-0.05, 0) is 24.1 Å². The predicted molar refractivity (Wildman–Crippen MR) is 84.2 cm³/mol. The number of benzene rings is 1. The largest absolute Gasteiger partial charge is 0.349 e. The number of pyridine rings is 1. The minimum absolute atomic E-state index is 0.0859. The van der Waals surface area contributed by atoms with E-state index in [0.29, 0.717) is 17.3 Å². The number of carbonyl (C=O) groups is 1. The molecule has 1 fully saturated rings. The van der Waals surface area contributed by atoms with Crippen LogP contribution < -0.4 is 5.32 Å². The Morgan fingerprint density at radius 2 is 2.09 bits per heavy atom. The van der Waals surface area contributed by atoms with Gasteiger partial charge < -0.3 is 5.32 Å². The highest BCUT2D eigenvalue weighted by molar-refractivity contribution is 5.95. The highest BCUT2D eigenvalue weighted by Gasteiger charge is 2.39. The van der Waals surface area contributed by atoms with E-state index in [2.05, 4.69) is 32.5 Å². The van der Waals surface area contributed by atoms with Crippen molar-refractivity contribution in [2.75, 3.05) is 0 Å². The van der Waals surface area contributed by atoms with Crippen LogP contribution in [0.2, 0.25) is 0 Å². The Balaban J connectivity index is 1.45. The normalized spacial score (nSPS) is 19.3. The van der Waals surface area contributed by atoms with Crippen LogP contribution in [0.15, 0.2) is 61.3 Å². The first-order valence-corrected chi connectivity index (χ1v) is 7.48. The highest BCUT2D eigenvalue weighted by atomic mass is 16.1. The van der Waals surface area contributed by atoms with Gasteiger partial charge in [-0.2, -0.15) is 5.10 Å². The van der Waals surface area contributed by atoms with Crippen molar-refractivity contribution in [1.29, 1.82) is 0 Å². The molecule has 0 bridgehead atoms. The Bertz CT molecular complexity index is 816. The molecule has 6 nitrogen and oxygen atoms in total. The summed E-state index contributed by atoms with van der Waals surface area (Å²) in [4.78, 5) is 20.5. The van der Waals surface area contributed by atoms with Gasteiger partial charge in [0.1, 0.15) is 12.7 Å². The number of amides is 1. The number of aromatic nitrogens is 4. The lowest BCUT2D eigenvalue weighted by Crippen LogP contribution is -2.26. The van der Waals surface area contributed by atoms with Crippen LogP contribution in [0.25, 0.3) is 5.82 Å². The van der Waals surface area contributed by atoms with Gasteiger partial charge in [0, 0.05) is 23.7 Å². The van der Waals surface area contributed by atoms with E-state index in [0.717, 1.165) is 6.42 Å². The molecule has 2 heterocycles. The molecule has 0 spiro atoms. The minimum atomic E-state index is -0.0859. The van der Waals surface area contributed by atoms with Crippen molar-refractivity contribution in [2.45, 2.75) is 18.4 Å². The van der Waals surface area contributed by atoms with E-state index >= 15 is 0 Å². The van der Waals surface area contributed by atoms with Gasteiger partial charge in [-0.1, -0.05) is 30.3 Å². The molecule has 0 unspecified atom stereocenters. The van der Waals surface area contributed by atoms with Crippen LogP contribution in [0.1, 0.15) is 28.3 Å². The van der Waals surface area contributed by atoms with Crippen molar-refractivity contribution in [2.24, 2.45) is 0 Å². The van der Waals surface area contributed by atoms with Crippen LogP contribution in [0, 0.1) is 0 Å². The van der Waals surface area contributed by atoms with E-state index in [1.54, 1.807) is 24.7 Å². The van der Waals surface area contributed by atoms with Gasteiger partial charge in [0.05, 0.1) is 0 Å². The average Bonchev–Trinajstić information content (AvgIpc) is 3.14. The summed E-state index contributed by atoms with van der Waals surface area (Å²) in [6, 6.07) is 13.9. The Morgan fingerprint density at radius 1 is 1.22 bits per heavy atom. The van der Waals surface area contributed by atoms with Crippen LogP contribution in [0.3, 0.4) is 0 Å². The Morgan fingerprint density at radius 3 is 2.87 bits per heavy atom. The van der Waals surface area contributed by atoms with Gasteiger partial charge in [0.25, 0.3) is 5.91 Å². The fourth-order valence-electron chi connectivity index (χ4n) is 2.69. The molecule has 6 heteroatoms. The molecule has 23 heavy (non-hydrogen) atoms. The van der Waals surface area contributed by atoms with Gasteiger partial charge >= 0.3 is 0 Å². The second-order valence-corrected chi connectivity index (χ2v) is 5.58. The lowest BCUT2D eigenvalue weighted by Gasteiger charge is -2.06. The highest BCUT2D eigenvalue weighted by Crippen LogP contribution is 2.40. The summed E-state index contributed by atoms with van der Waals surface area (Å²) in [5, 5.41) is 7.10. The Kier molecular flexibility index (Phi) is 3.34. The van der Waals surface area contributed by atoms with Crippen molar-refractivity contribution in [1.82, 2.24) is 25.1 Å². The van der Waals surface area contributed by atoms with Crippen molar-refractivity contribution in [3.8, 4) is 5.82 Å². The van der Waals surface area contributed by atoms with Crippen LogP contribution in [-0.4, -0.2) is 31.7 Å². The molecule has 4 rings (SSSR count). The second kappa shape index (κ2) is 5.64. The fraction of sp³-hybridized carbons (Fsp3) is 0.176.